The molecule has 26 valence electrons. The maximum atomic E-state index is 5.06. The van der Waals surface area contributed by atoms with Crippen LogP contribution in [0.4, 0.5) is 0 Å². The van der Waals surface area contributed by atoms with Crippen molar-refractivity contribution >= 4 is 27.9 Å². The molecule has 0 bridgehead atoms. The summed E-state index contributed by atoms with van der Waals surface area (Å²) in [5.74, 6) is 0. The molecule has 0 aromatic heterocycles. The third-order valence-electron chi connectivity index (χ3n) is 0. The quantitative estimate of drug-likeness (QED) is 0.333. The molecule has 0 aliphatic heterocycles. The van der Waals surface area contributed by atoms with Gasteiger partial charge in [0.15, 0.2) is 0 Å². The Morgan fingerprint density at radius 2 is 1.75 bits per heavy atom. The molecular weight excluding hydrogens is 88.5 g/mol. The van der Waals surface area contributed by atoms with Gasteiger partial charge in [-0.1, -0.05) is 0 Å². The van der Waals surface area contributed by atoms with Crippen molar-refractivity contribution in [3.05, 3.63) is 0 Å². The third-order valence-corrected chi connectivity index (χ3v) is 0. The van der Waals surface area contributed by atoms with Gasteiger partial charge in [0.05, 0.1) is 0 Å². The highest BCUT2D eigenvalue weighted by Gasteiger charge is 1.44. The van der Waals surface area contributed by atoms with Crippen molar-refractivity contribution in [1.82, 2.24) is 6.15 Å². The van der Waals surface area contributed by atoms with Crippen LogP contribution in [0.5, 0.6) is 0 Å². The molecule has 0 radical (unpaired) electrons. The molecule has 1 nitrogen and oxygen atoms in total. The molecule has 3 N–H and O–H groups in total. The van der Waals surface area contributed by atoms with Crippen LogP contribution in [0.15, 0.2) is 0 Å². The minimum Gasteiger partial charge on any atom is -0.344 e. The van der Waals surface area contributed by atoms with E-state index < -0.39 is 0 Å². The van der Waals surface area contributed by atoms with E-state index in [0.29, 0.717) is 0 Å². The van der Waals surface area contributed by atoms with Crippen molar-refractivity contribution in [3.8, 4) is 0 Å². The standard InChI is InChI=1S/CH2Cl.Al.H3N.2H/c1-2;;;;/h1H2;;1H3;;. The molecule has 0 atom stereocenters. The number of halogens is 1. The second-order valence-corrected chi connectivity index (χ2v) is 2.41. The fourth-order valence-electron chi connectivity index (χ4n) is 0. The molecule has 0 saturated carbocycles. The summed E-state index contributed by atoms with van der Waals surface area (Å²) in [7, 11) is 0. The lowest BCUT2D eigenvalue weighted by Gasteiger charge is -1.42. The topological polar surface area (TPSA) is 35.0 Å². The van der Waals surface area contributed by atoms with Gasteiger partial charge in [0.1, 0.15) is 0 Å². The Bertz CT molecular complexity index is 8.00. The molecule has 0 aliphatic rings. The Morgan fingerprint density at radius 3 is 1.75 bits per heavy atom. The highest BCUT2D eigenvalue weighted by atomic mass is 35.5. The first-order chi connectivity index (χ1) is 1.41. The van der Waals surface area contributed by atoms with Crippen LogP contribution in [0.2, 0.25) is 0 Å². The van der Waals surface area contributed by atoms with Crippen molar-refractivity contribution in [2.75, 3.05) is 4.74 Å². The molecule has 0 spiro atoms. The molecule has 0 heterocycles. The SMILES string of the molecule is N.[AlH2][CH2]Cl. The summed E-state index contributed by atoms with van der Waals surface area (Å²) in [5.41, 5.74) is 0. The zero-order valence-corrected chi connectivity index (χ0v) is 5.55. The molecule has 0 aromatic rings. The summed E-state index contributed by atoms with van der Waals surface area (Å²) >= 11 is 6.19. The van der Waals surface area contributed by atoms with Gasteiger partial charge in [-0.3, -0.25) is 0 Å². The lowest BCUT2D eigenvalue weighted by atomic mass is 11.9. The number of hydrogen-bond donors (Lipinski definition) is 1. The summed E-state index contributed by atoms with van der Waals surface area (Å²) in [4.78, 5) is 0. The van der Waals surface area contributed by atoms with Crippen LogP contribution in [-0.4, -0.2) is 21.0 Å². The Labute approximate surface area is 39.3 Å². The van der Waals surface area contributed by atoms with E-state index in [9.17, 15) is 0 Å². The van der Waals surface area contributed by atoms with Gasteiger partial charge in [0, 0.05) is 0 Å². The van der Waals surface area contributed by atoms with Crippen LogP contribution in [0.1, 0.15) is 0 Å². The molecule has 0 fully saturated rings. The van der Waals surface area contributed by atoms with E-state index in [4.69, 9.17) is 11.6 Å². The zero-order valence-electron chi connectivity index (χ0n) is 2.79. The van der Waals surface area contributed by atoms with Gasteiger partial charge in [-0.05, 0) is 4.74 Å². The second kappa shape index (κ2) is 9.22. The highest BCUT2D eigenvalue weighted by Crippen LogP contribution is 1.52. The average Bonchev–Trinajstić information content (AvgIpc) is 0.918. The number of rotatable bonds is 0. The Kier molecular flexibility index (Phi) is 20.4. The van der Waals surface area contributed by atoms with E-state index in [-0.39, 0.29) is 6.15 Å². The van der Waals surface area contributed by atoms with Gasteiger partial charge in [-0.25, -0.2) is 0 Å². The van der Waals surface area contributed by atoms with Crippen LogP contribution in [0.3, 0.4) is 0 Å². The Morgan fingerprint density at radius 1 is 1.75 bits per heavy atom. The second-order valence-electron chi connectivity index (χ2n) is 0.267. The van der Waals surface area contributed by atoms with Gasteiger partial charge in [-0.2, -0.15) is 0 Å². The van der Waals surface area contributed by atoms with Crippen molar-refractivity contribution < 1.29 is 0 Å². The van der Waals surface area contributed by atoms with Crippen molar-refractivity contribution in [2.24, 2.45) is 0 Å². The first kappa shape index (κ1) is 8.84. The third kappa shape index (κ3) is 14.4. The van der Waals surface area contributed by atoms with Crippen molar-refractivity contribution in [2.45, 2.75) is 0 Å². The number of hydrogen-bond acceptors (Lipinski definition) is 1. The Balaban J connectivity index is 0. The fraction of sp³-hybridized carbons (Fsp3) is 1.00. The van der Waals surface area contributed by atoms with Crippen LogP contribution in [-0.2, 0) is 0 Å². The van der Waals surface area contributed by atoms with Gasteiger partial charge >= 0.3 is 0 Å². The van der Waals surface area contributed by atoms with Gasteiger partial charge < -0.3 is 6.15 Å². The number of alkyl halides is 1. The minimum absolute atomic E-state index is 0. The monoisotopic (exact) mass is 95.0 g/mol. The fourth-order valence-corrected chi connectivity index (χ4v) is 0. The summed E-state index contributed by atoms with van der Waals surface area (Å²) in [6, 6.07) is 0. The molecule has 0 unspecified atom stereocenters. The largest absolute Gasteiger partial charge is 0.344 e. The van der Waals surface area contributed by atoms with E-state index in [1.807, 2.05) is 0 Å². The summed E-state index contributed by atoms with van der Waals surface area (Å²) in [6.07, 6.45) is 0. The van der Waals surface area contributed by atoms with E-state index in [1.54, 1.807) is 0 Å². The summed E-state index contributed by atoms with van der Waals surface area (Å²) in [6.45, 7) is 0. The predicted molar refractivity (Wildman–Crippen MR) is 24.3 cm³/mol. The van der Waals surface area contributed by atoms with E-state index in [2.05, 4.69) is 0 Å². The van der Waals surface area contributed by atoms with Gasteiger partial charge in [0.25, 0.3) is 0 Å². The lowest BCUT2D eigenvalue weighted by molar-refractivity contribution is 2.13. The molecule has 3 heteroatoms. The lowest BCUT2D eigenvalue weighted by Crippen LogP contribution is -1.53. The molecule has 0 saturated heterocycles. The van der Waals surface area contributed by atoms with E-state index in [0.717, 1.165) is 21.0 Å². The Hall–Kier alpha value is 0.782. The summed E-state index contributed by atoms with van der Waals surface area (Å²) < 4.78 is 0.861. The minimum atomic E-state index is 0. The molecule has 0 amide bonds. The van der Waals surface area contributed by atoms with Crippen LogP contribution >= 0.6 is 11.6 Å². The molecular formula is CH7AlClN. The molecule has 0 rings (SSSR count). The van der Waals surface area contributed by atoms with Crippen molar-refractivity contribution in [3.63, 3.8) is 0 Å². The first-order valence-electron chi connectivity index (χ1n) is 0.974. The zero-order chi connectivity index (χ0) is 2.71. The normalized spacial score (nSPS) is 4.25. The van der Waals surface area contributed by atoms with E-state index >= 15 is 0 Å². The summed E-state index contributed by atoms with van der Waals surface area (Å²) in [5, 5.41) is 0. The first-order valence-corrected chi connectivity index (χ1v) is 2.92. The smallest absolute Gasteiger partial charge is 0.235 e. The van der Waals surface area contributed by atoms with Crippen LogP contribution in [0.25, 0.3) is 0 Å². The predicted octanol–water partition coefficient (Wildman–Crippen LogP) is -0.0222. The van der Waals surface area contributed by atoms with Crippen LogP contribution in [0, 0.1) is 0 Å². The van der Waals surface area contributed by atoms with Gasteiger partial charge in [-0.15, -0.1) is 11.6 Å². The van der Waals surface area contributed by atoms with Crippen LogP contribution < -0.4 is 6.15 Å². The maximum Gasteiger partial charge on any atom is 0.235 e. The highest BCUT2D eigenvalue weighted by molar-refractivity contribution is 6.36. The maximum absolute atomic E-state index is 5.06. The molecule has 0 aliphatic carbocycles. The van der Waals surface area contributed by atoms with Crippen molar-refractivity contribution in [1.29, 1.82) is 0 Å². The molecule has 0 aromatic carbocycles. The van der Waals surface area contributed by atoms with E-state index in [1.165, 1.54) is 0 Å². The van der Waals surface area contributed by atoms with Gasteiger partial charge in [0.2, 0.25) is 16.3 Å². The molecule has 4 heavy (non-hydrogen) atoms. The average molecular weight is 95.5 g/mol.